The lowest BCUT2D eigenvalue weighted by Crippen LogP contribution is -2.44. The molecule has 0 amide bonds. The number of ketones is 1. The lowest BCUT2D eigenvalue weighted by molar-refractivity contribution is -0.113. The van der Waals surface area contributed by atoms with Crippen molar-refractivity contribution in [1.82, 2.24) is 5.32 Å². The molecule has 6 heteroatoms. The molecule has 1 aliphatic heterocycles. The molecule has 1 aromatic rings. The molecule has 0 spiro atoms. The third kappa shape index (κ3) is 3.06. The molecule has 1 aromatic carbocycles. The first-order valence-electron chi connectivity index (χ1n) is 7.12. The van der Waals surface area contributed by atoms with Gasteiger partial charge in [0.1, 0.15) is 5.92 Å². The first kappa shape index (κ1) is 17.0. The van der Waals surface area contributed by atoms with Crippen molar-refractivity contribution >= 4 is 28.6 Å². The number of thiocarbonyl (C=S) groups is 1. The smallest absolute Gasteiger partial charge is 0.161 e. The Labute approximate surface area is 140 Å². The number of carbonyl (C=O) groups is 1. The lowest BCUT2D eigenvalue weighted by atomic mass is 9.82. The van der Waals surface area contributed by atoms with Gasteiger partial charge >= 0.3 is 0 Å². The van der Waals surface area contributed by atoms with Gasteiger partial charge in [-0.15, -0.1) is 0 Å². The molecule has 5 nitrogen and oxygen atoms in total. The largest absolute Gasteiger partial charge is 0.493 e. The number of nitrogens with one attached hydrogen (secondary N) is 1. The van der Waals surface area contributed by atoms with Gasteiger partial charge in [-0.25, -0.2) is 0 Å². The van der Waals surface area contributed by atoms with Crippen molar-refractivity contribution in [2.45, 2.75) is 19.9 Å². The van der Waals surface area contributed by atoms with Gasteiger partial charge in [0.25, 0.3) is 0 Å². The van der Waals surface area contributed by atoms with Crippen LogP contribution in [0.15, 0.2) is 23.8 Å². The van der Waals surface area contributed by atoms with Crippen LogP contribution in [0.4, 0.5) is 0 Å². The number of methoxy groups -OCH3 is 2. The molecule has 0 aliphatic carbocycles. The average Bonchev–Trinajstić information content (AvgIpc) is 2.53. The van der Waals surface area contributed by atoms with Crippen molar-refractivity contribution < 1.29 is 14.3 Å². The van der Waals surface area contributed by atoms with Gasteiger partial charge in [0, 0.05) is 5.57 Å². The van der Waals surface area contributed by atoms with Gasteiger partial charge in [-0.3, -0.25) is 4.79 Å². The van der Waals surface area contributed by atoms with Crippen molar-refractivity contribution in [3.63, 3.8) is 0 Å². The fourth-order valence-corrected chi connectivity index (χ4v) is 3.18. The van der Waals surface area contributed by atoms with E-state index in [9.17, 15) is 10.1 Å². The molecular weight excluding hydrogens is 312 g/mol. The molecular formula is C17H18N2O3S. The molecule has 0 fully saturated rings. The van der Waals surface area contributed by atoms with Crippen LogP contribution in [0.1, 0.15) is 19.4 Å². The molecule has 0 saturated carbocycles. The quantitative estimate of drug-likeness (QED) is 0.855. The number of hydrogen-bond donors (Lipinski definition) is 1. The van der Waals surface area contributed by atoms with Crippen LogP contribution >= 0.6 is 12.2 Å². The lowest BCUT2D eigenvalue weighted by Gasteiger charge is -2.31. The summed E-state index contributed by atoms with van der Waals surface area (Å²) in [6.07, 6.45) is 0. The zero-order valence-electron chi connectivity index (χ0n) is 13.5. The summed E-state index contributed by atoms with van der Waals surface area (Å²) in [5, 5.41) is 12.6. The van der Waals surface area contributed by atoms with Crippen LogP contribution in [0.3, 0.4) is 0 Å². The topological polar surface area (TPSA) is 71.3 Å². The van der Waals surface area contributed by atoms with Crippen molar-refractivity contribution in [3.05, 3.63) is 29.3 Å². The summed E-state index contributed by atoms with van der Waals surface area (Å²) in [6, 6.07) is 7.27. The first-order valence-corrected chi connectivity index (χ1v) is 7.52. The van der Waals surface area contributed by atoms with Crippen molar-refractivity contribution in [3.8, 4) is 17.6 Å². The van der Waals surface area contributed by atoms with Crippen molar-refractivity contribution in [2.75, 3.05) is 14.2 Å². The third-order valence-corrected chi connectivity index (χ3v) is 4.19. The fraction of sp³-hybridized carbons (Fsp3) is 0.353. The van der Waals surface area contributed by atoms with E-state index < -0.39 is 5.92 Å². The minimum Gasteiger partial charge on any atom is -0.493 e. The summed E-state index contributed by atoms with van der Waals surface area (Å²) >= 11 is 5.29. The minimum absolute atomic E-state index is 0.0856. The second kappa shape index (κ2) is 6.80. The zero-order valence-corrected chi connectivity index (χ0v) is 14.3. The number of carbonyl (C=O) groups excluding carboxylic acids is 1. The van der Waals surface area contributed by atoms with E-state index in [1.54, 1.807) is 26.4 Å². The molecule has 1 heterocycles. The molecule has 1 aliphatic rings. The monoisotopic (exact) mass is 330 g/mol. The normalized spacial score (nSPS) is 20.6. The van der Waals surface area contributed by atoms with E-state index in [4.69, 9.17) is 21.7 Å². The Morgan fingerprint density at radius 1 is 1.30 bits per heavy atom. The van der Waals surface area contributed by atoms with E-state index in [2.05, 4.69) is 11.4 Å². The molecule has 120 valence electrons. The van der Waals surface area contributed by atoms with E-state index >= 15 is 0 Å². The summed E-state index contributed by atoms with van der Waals surface area (Å²) < 4.78 is 10.6. The number of hydrogen-bond acceptors (Lipinski definition) is 5. The highest BCUT2D eigenvalue weighted by Gasteiger charge is 2.34. The number of nitrogens with zero attached hydrogens (tertiary/aromatic N) is 1. The van der Waals surface area contributed by atoms with Gasteiger partial charge in [0.15, 0.2) is 17.3 Å². The number of benzene rings is 1. The predicted molar refractivity (Wildman–Crippen MR) is 91.4 cm³/mol. The molecule has 23 heavy (non-hydrogen) atoms. The summed E-state index contributed by atoms with van der Waals surface area (Å²) in [5.41, 5.74) is 1.93. The third-order valence-electron chi connectivity index (χ3n) is 3.84. The van der Waals surface area contributed by atoms with Crippen LogP contribution in [0.25, 0.3) is 5.57 Å². The zero-order chi connectivity index (χ0) is 17.1. The maximum Gasteiger partial charge on any atom is 0.161 e. The summed E-state index contributed by atoms with van der Waals surface area (Å²) in [5.74, 6) is 0.365. The Bertz CT molecular complexity index is 734. The number of ether oxygens (including phenoxy) is 2. The molecule has 0 radical (unpaired) electrons. The number of rotatable bonds is 4. The molecule has 2 atom stereocenters. The Kier molecular flexibility index (Phi) is 5.02. The second-order valence-electron chi connectivity index (χ2n) is 5.25. The van der Waals surface area contributed by atoms with Crippen molar-refractivity contribution in [1.29, 1.82) is 5.26 Å². The average molecular weight is 330 g/mol. The Balaban J connectivity index is 2.72. The molecule has 1 N–H and O–H groups in total. The minimum atomic E-state index is -0.668. The van der Waals surface area contributed by atoms with E-state index in [0.717, 1.165) is 5.56 Å². The van der Waals surface area contributed by atoms with Crippen LogP contribution in [-0.2, 0) is 4.79 Å². The molecule has 0 bridgehead atoms. The van der Waals surface area contributed by atoms with Gasteiger partial charge < -0.3 is 14.8 Å². The van der Waals surface area contributed by atoms with Crippen LogP contribution in [0, 0.1) is 17.2 Å². The van der Waals surface area contributed by atoms with Crippen LogP contribution in [0.5, 0.6) is 11.5 Å². The molecule has 2 rings (SSSR count). The summed E-state index contributed by atoms with van der Waals surface area (Å²) in [6.45, 7) is 3.36. The summed E-state index contributed by atoms with van der Waals surface area (Å²) in [4.78, 5) is 12.6. The van der Waals surface area contributed by atoms with E-state index in [-0.39, 0.29) is 11.8 Å². The predicted octanol–water partition coefficient (Wildman–Crippen LogP) is 2.51. The highest BCUT2D eigenvalue weighted by Crippen LogP contribution is 2.37. The second-order valence-corrected chi connectivity index (χ2v) is 5.69. The molecule has 0 saturated heterocycles. The van der Waals surface area contributed by atoms with E-state index in [1.165, 1.54) is 6.92 Å². The summed E-state index contributed by atoms with van der Waals surface area (Å²) in [7, 11) is 3.09. The van der Waals surface area contributed by atoms with Crippen LogP contribution < -0.4 is 14.8 Å². The fourth-order valence-electron chi connectivity index (χ4n) is 2.83. The van der Waals surface area contributed by atoms with Crippen molar-refractivity contribution in [2.24, 2.45) is 5.92 Å². The SMILES string of the molecule is COc1ccc(C2=C(C(C)=O)C(C)NC(=S)C2C#N)cc1OC. The van der Waals surface area contributed by atoms with E-state index in [1.807, 2.05) is 13.0 Å². The van der Waals surface area contributed by atoms with Gasteiger partial charge in [0.05, 0.1) is 31.3 Å². The maximum absolute atomic E-state index is 12.1. The van der Waals surface area contributed by atoms with Gasteiger partial charge in [-0.2, -0.15) is 5.26 Å². The van der Waals surface area contributed by atoms with Crippen LogP contribution in [-0.4, -0.2) is 31.0 Å². The highest BCUT2D eigenvalue weighted by atomic mass is 32.1. The van der Waals surface area contributed by atoms with Gasteiger partial charge in [-0.05, 0) is 37.1 Å². The first-order chi connectivity index (χ1) is 10.9. The van der Waals surface area contributed by atoms with Crippen LogP contribution in [0.2, 0.25) is 0 Å². The highest BCUT2D eigenvalue weighted by molar-refractivity contribution is 7.80. The van der Waals surface area contributed by atoms with Gasteiger partial charge in [-0.1, -0.05) is 18.3 Å². The Hall–Kier alpha value is -2.39. The number of Topliss-reactive ketones (excluding diaryl/α,β-unsaturated/α-hetero) is 1. The maximum atomic E-state index is 12.1. The Morgan fingerprint density at radius 3 is 2.48 bits per heavy atom. The van der Waals surface area contributed by atoms with Gasteiger partial charge in [0.2, 0.25) is 0 Å². The standard InChI is InChI=1S/C17H18N2O3S/c1-9-15(10(2)20)16(12(8-18)17(23)19-9)11-5-6-13(21-3)14(7-11)22-4/h5-7,9,12H,1-4H3,(H,19,23). The molecule has 2 unspecified atom stereocenters. The van der Waals surface area contributed by atoms with E-state index in [0.29, 0.717) is 27.6 Å². The Morgan fingerprint density at radius 2 is 1.96 bits per heavy atom. The number of nitriles is 1. The molecule has 0 aromatic heterocycles.